The molecule has 0 bridgehead atoms. The Morgan fingerprint density at radius 2 is 2.25 bits per heavy atom. The van der Waals surface area contributed by atoms with Crippen molar-refractivity contribution in [2.45, 2.75) is 6.92 Å². The number of hydrogen-bond acceptors (Lipinski definition) is 4. The molecule has 0 aromatic heterocycles. The Kier molecular flexibility index (Phi) is 4.44. The maximum atomic E-state index is 11.0. The number of carbonyl (C=O) groups is 1. The predicted octanol–water partition coefficient (Wildman–Crippen LogP) is 0.825. The molecule has 16 heavy (non-hydrogen) atoms. The summed E-state index contributed by atoms with van der Waals surface area (Å²) in [5.74, 6) is 0.555. The van der Waals surface area contributed by atoms with Gasteiger partial charge in [0.15, 0.2) is 0 Å². The summed E-state index contributed by atoms with van der Waals surface area (Å²) in [6, 6.07) is 5.33. The van der Waals surface area contributed by atoms with Crippen molar-refractivity contribution in [3.05, 3.63) is 18.2 Å². The van der Waals surface area contributed by atoms with E-state index in [1.54, 1.807) is 25.2 Å². The van der Waals surface area contributed by atoms with Crippen LogP contribution in [0, 0.1) is 0 Å². The summed E-state index contributed by atoms with van der Waals surface area (Å²) in [6.07, 6.45) is 0. The van der Waals surface area contributed by atoms with Gasteiger partial charge in [0.25, 0.3) is 0 Å². The molecule has 1 aromatic carbocycles. The van der Waals surface area contributed by atoms with Crippen LogP contribution in [0.2, 0.25) is 0 Å². The van der Waals surface area contributed by atoms with Crippen LogP contribution in [0.1, 0.15) is 6.92 Å². The van der Waals surface area contributed by atoms with E-state index in [1.807, 2.05) is 6.92 Å². The molecule has 0 fully saturated rings. The number of ether oxygens (including phenoxy) is 1. The molecule has 0 aliphatic heterocycles. The lowest BCUT2D eigenvalue weighted by atomic mass is 10.2. The van der Waals surface area contributed by atoms with Crippen molar-refractivity contribution >= 4 is 17.3 Å². The molecular weight excluding hydrogens is 206 g/mol. The Morgan fingerprint density at radius 3 is 2.88 bits per heavy atom. The quantitative estimate of drug-likeness (QED) is 0.646. The first-order chi connectivity index (χ1) is 7.67. The molecule has 0 atom stereocenters. The third-order valence-corrected chi connectivity index (χ3v) is 2.05. The van der Waals surface area contributed by atoms with Gasteiger partial charge in [0, 0.05) is 18.8 Å². The van der Waals surface area contributed by atoms with Crippen LogP contribution >= 0.6 is 0 Å². The first kappa shape index (κ1) is 12.2. The minimum absolute atomic E-state index is 0.0743. The zero-order chi connectivity index (χ0) is 12.0. The van der Waals surface area contributed by atoms with Gasteiger partial charge in [-0.2, -0.15) is 0 Å². The Morgan fingerprint density at radius 1 is 1.50 bits per heavy atom. The summed E-state index contributed by atoms with van der Waals surface area (Å²) in [5, 5.41) is 5.50. The minimum Gasteiger partial charge on any atom is -0.492 e. The van der Waals surface area contributed by atoms with Crippen molar-refractivity contribution in [2.75, 3.05) is 31.2 Å². The van der Waals surface area contributed by atoms with Gasteiger partial charge in [-0.05, 0) is 19.1 Å². The summed E-state index contributed by atoms with van der Waals surface area (Å²) >= 11 is 0. The lowest BCUT2D eigenvalue weighted by molar-refractivity contribution is -0.118. The maximum absolute atomic E-state index is 11.0. The molecule has 0 saturated heterocycles. The Hall–Kier alpha value is -1.91. The van der Waals surface area contributed by atoms with E-state index in [9.17, 15) is 4.79 Å². The number of nitrogens with two attached hydrogens (primary N) is 1. The molecule has 1 rings (SSSR count). The van der Waals surface area contributed by atoms with Gasteiger partial charge >= 0.3 is 0 Å². The second-order valence-corrected chi connectivity index (χ2v) is 3.21. The molecule has 5 heteroatoms. The van der Waals surface area contributed by atoms with Gasteiger partial charge < -0.3 is 21.1 Å². The number of likely N-dealkylation sites (N-methyl/N-ethyl adjacent to an activating group) is 1. The fourth-order valence-electron chi connectivity index (χ4n) is 1.20. The second-order valence-electron chi connectivity index (χ2n) is 3.21. The van der Waals surface area contributed by atoms with E-state index < -0.39 is 0 Å². The number of nitrogens with one attached hydrogen (secondary N) is 2. The maximum Gasteiger partial charge on any atom is 0.239 e. The van der Waals surface area contributed by atoms with Crippen molar-refractivity contribution in [3.63, 3.8) is 0 Å². The molecule has 0 aliphatic carbocycles. The van der Waals surface area contributed by atoms with Crippen LogP contribution in [0.25, 0.3) is 0 Å². The van der Waals surface area contributed by atoms with Crippen molar-refractivity contribution in [3.8, 4) is 5.75 Å². The average Bonchev–Trinajstić information content (AvgIpc) is 2.30. The number of hydrogen-bond donors (Lipinski definition) is 3. The smallest absolute Gasteiger partial charge is 0.239 e. The fourth-order valence-corrected chi connectivity index (χ4v) is 1.20. The van der Waals surface area contributed by atoms with Gasteiger partial charge in [-0.1, -0.05) is 0 Å². The summed E-state index contributed by atoms with van der Waals surface area (Å²) in [5.41, 5.74) is 7.12. The van der Waals surface area contributed by atoms with Gasteiger partial charge in [-0.15, -0.1) is 0 Å². The standard InChI is InChI=1S/C11H17N3O2/c1-3-16-10-6-8(4-5-9(10)12)14-7-11(15)13-2/h4-6,14H,3,7,12H2,1-2H3,(H,13,15). The van der Waals surface area contributed by atoms with E-state index >= 15 is 0 Å². The molecule has 1 aromatic rings. The highest BCUT2D eigenvalue weighted by molar-refractivity contribution is 5.80. The van der Waals surface area contributed by atoms with Gasteiger partial charge in [0.2, 0.25) is 5.91 Å². The topological polar surface area (TPSA) is 76.4 Å². The zero-order valence-corrected chi connectivity index (χ0v) is 9.54. The van der Waals surface area contributed by atoms with Gasteiger partial charge in [-0.25, -0.2) is 0 Å². The van der Waals surface area contributed by atoms with Gasteiger partial charge in [0.1, 0.15) is 5.75 Å². The molecule has 5 nitrogen and oxygen atoms in total. The van der Waals surface area contributed by atoms with E-state index in [0.29, 0.717) is 18.0 Å². The van der Waals surface area contributed by atoms with Crippen LogP contribution < -0.4 is 21.1 Å². The Labute approximate surface area is 95.0 Å². The lowest BCUT2D eigenvalue weighted by Crippen LogP contribution is -2.26. The zero-order valence-electron chi connectivity index (χ0n) is 9.54. The molecule has 0 spiro atoms. The number of amides is 1. The molecule has 0 heterocycles. The fraction of sp³-hybridized carbons (Fsp3) is 0.364. The molecule has 0 aliphatic rings. The highest BCUT2D eigenvalue weighted by Gasteiger charge is 2.02. The van der Waals surface area contributed by atoms with E-state index in [1.165, 1.54) is 0 Å². The Bertz CT molecular complexity index is 366. The third kappa shape index (κ3) is 3.34. The number of benzene rings is 1. The van der Waals surface area contributed by atoms with Crippen molar-refractivity contribution in [2.24, 2.45) is 0 Å². The van der Waals surface area contributed by atoms with Crippen LogP contribution in [0.4, 0.5) is 11.4 Å². The highest BCUT2D eigenvalue weighted by Crippen LogP contribution is 2.25. The lowest BCUT2D eigenvalue weighted by Gasteiger charge is -2.10. The molecular formula is C11H17N3O2. The van der Waals surface area contributed by atoms with Crippen LogP contribution in [0.5, 0.6) is 5.75 Å². The minimum atomic E-state index is -0.0743. The van der Waals surface area contributed by atoms with E-state index in [-0.39, 0.29) is 12.5 Å². The third-order valence-electron chi connectivity index (χ3n) is 2.05. The van der Waals surface area contributed by atoms with Gasteiger partial charge in [-0.3, -0.25) is 4.79 Å². The highest BCUT2D eigenvalue weighted by atomic mass is 16.5. The summed E-state index contributed by atoms with van der Waals surface area (Å²) < 4.78 is 5.34. The first-order valence-corrected chi connectivity index (χ1v) is 5.14. The normalized spacial score (nSPS) is 9.62. The SMILES string of the molecule is CCOc1cc(NCC(=O)NC)ccc1N. The monoisotopic (exact) mass is 223 g/mol. The molecule has 1 amide bonds. The number of nitrogen functional groups attached to an aromatic ring is 1. The van der Waals surface area contributed by atoms with Crippen molar-refractivity contribution < 1.29 is 9.53 Å². The largest absolute Gasteiger partial charge is 0.492 e. The van der Waals surface area contributed by atoms with Crippen LogP contribution in [0.15, 0.2) is 18.2 Å². The Balaban J connectivity index is 2.67. The van der Waals surface area contributed by atoms with E-state index in [2.05, 4.69) is 10.6 Å². The first-order valence-electron chi connectivity index (χ1n) is 5.14. The van der Waals surface area contributed by atoms with Crippen LogP contribution in [-0.4, -0.2) is 26.1 Å². The van der Waals surface area contributed by atoms with Crippen molar-refractivity contribution in [1.29, 1.82) is 0 Å². The van der Waals surface area contributed by atoms with E-state index in [0.717, 1.165) is 5.69 Å². The summed E-state index contributed by atoms with van der Waals surface area (Å²) in [4.78, 5) is 11.0. The van der Waals surface area contributed by atoms with Gasteiger partial charge in [0.05, 0.1) is 18.8 Å². The number of anilines is 2. The molecule has 88 valence electrons. The number of carbonyl (C=O) groups excluding carboxylic acids is 1. The van der Waals surface area contributed by atoms with E-state index in [4.69, 9.17) is 10.5 Å². The molecule has 0 saturated carbocycles. The average molecular weight is 223 g/mol. The van der Waals surface area contributed by atoms with Crippen LogP contribution in [0.3, 0.4) is 0 Å². The second kappa shape index (κ2) is 5.85. The number of rotatable bonds is 5. The summed E-state index contributed by atoms with van der Waals surface area (Å²) in [7, 11) is 1.60. The van der Waals surface area contributed by atoms with Crippen LogP contribution in [-0.2, 0) is 4.79 Å². The predicted molar refractivity (Wildman–Crippen MR) is 64.6 cm³/mol. The molecule has 0 radical (unpaired) electrons. The van der Waals surface area contributed by atoms with Crippen molar-refractivity contribution in [1.82, 2.24) is 5.32 Å². The molecule has 4 N–H and O–H groups in total. The summed E-state index contributed by atoms with van der Waals surface area (Å²) in [6.45, 7) is 2.68. The molecule has 0 unspecified atom stereocenters.